The summed E-state index contributed by atoms with van der Waals surface area (Å²) in [6.45, 7) is 3.87. The van der Waals surface area contributed by atoms with E-state index < -0.39 is 0 Å². The van der Waals surface area contributed by atoms with Gasteiger partial charge in [-0.2, -0.15) is 5.10 Å². The predicted octanol–water partition coefficient (Wildman–Crippen LogP) is 3.19. The number of nitrogens with one attached hydrogen (secondary N) is 2. The molecular formula is C13H14ClN3O. The van der Waals surface area contributed by atoms with Gasteiger partial charge in [-0.25, -0.2) is 0 Å². The summed E-state index contributed by atoms with van der Waals surface area (Å²) in [5.74, 6) is 0.476. The van der Waals surface area contributed by atoms with Gasteiger partial charge in [0.25, 0.3) is 5.91 Å². The van der Waals surface area contributed by atoms with Crippen molar-refractivity contribution in [3.63, 3.8) is 0 Å². The molecule has 0 radical (unpaired) electrons. The summed E-state index contributed by atoms with van der Waals surface area (Å²) in [5.41, 5.74) is 2.44. The molecule has 2 N–H and O–H groups in total. The van der Waals surface area contributed by atoms with Crippen LogP contribution in [0.25, 0.3) is 0 Å². The van der Waals surface area contributed by atoms with Crippen LogP contribution >= 0.6 is 11.6 Å². The number of amides is 1. The van der Waals surface area contributed by atoms with Gasteiger partial charge in [-0.1, -0.05) is 18.5 Å². The van der Waals surface area contributed by atoms with Crippen molar-refractivity contribution in [1.29, 1.82) is 0 Å². The van der Waals surface area contributed by atoms with Gasteiger partial charge >= 0.3 is 0 Å². The molecule has 18 heavy (non-hydrogen) atoms. The van der Waals surface area contributed by atoms with E-state index in [1.807, 2.05) is 13.8 Å². The van der Waals surface area contributed by atoms with E-state index in [0.717, 1.165) is 17.5 Å². The lowest BCUT2D eigenvalue weighted by Crippen LogP contribution is -2.13. The fourth-order valence-electron chi connectivity index (χ4n) is 1.66. The quantitative estimate of drug-likeness (QED) is 0.894. The lowest BCUT2D eigenvalue weighted by atomic mass is 10.1. The highest BCUT2D eigenvalue weighted by Gasteiger charge is 2.10. The maximum atomic E-state index is 12.0. The van der Waals surface area contributed by atoms with Crippen LogP contribution in [0, 0.1) is 6.92 Å². The minimum atomic E-state index is -0.172. The number of nitrogens with zero attached hydrogens (tertiary/aromatic N) is 1. The molecule has 0 aliphatic heterocycles. The predicted molar refractivity (Wildman–Crippen MR) is 72.1 cm³/mol. The van der Waals surface area contributed by atoms with Crippen LogP contribution in [0.1, 0.15) is 28.4 Å². The maximum Gasteiger partial charge on any atom is 0.256 e. The van der Waals surface area contributed by atoms with E-state index in [4.69, 9.17) is 11.6 Å². The molecule has 1 aromatic carbocycles. The first-order valence-electron chi connectivity index (χ1n) is 5.71. The van der Waals surface area contributed by atoms with Crippen molar-refractivity contribution in [2.45, 2.75) is 20.3 Å². The molecule has 2 aromatic rings. The molecule has 0 saturated carbocycles. The summed E-state index contributed by atoms with van der Waals surface area (Å²) < 4.78 is 0. The Kier molecular flexibility index (Phi) is 3.67. The molecule has 2 rings (SSSR count). The Balaban J connectivity index is 2.19. The zero-order chi connectivity index (χ0) is 13.1. The van der Waals surface area contributed by atoms with E-state index in [0.29, 0.717) is 16.4 Å². The SMILES string of the molecule is CCc1cn[nH]c1NC(=O)c1ccc(Cl)c(C)c1. The molecule has 0 bridgehead atoms. The Morgan fingerprint density at radius 2 is 2.28 bits per heavy atom. The van der Waals surface area contributed by atoms with Gasteiger partial charge in [0.15, 0.2) is 0 Å². The van der Waals surface area contributed by atoms with E-state index in [-0.39, 0.29) is 5.91 Å². The molecule has 0 aliphatic rings. The zero-order valence-corrected chi connectivity index (χ0v) is 11.0. The van der Waals surface area contributed by atoms with Gasteiger partial charge in [-0.05, 0) is 37.1 Å². The highest BCUT2D eigenvalue weighted by Crippen LogP contribution is 2.18. The smallest absolute Gasteiger partial charge is 0.256 e. The Morgan fingerprint density at radius 1 is 1.50 bits per heavy atom. The average molecular weight is 264 g/mol. The summed E-state index contributed by atoms with van der Waals surface area (Å²) >= 11 is 5.93. The van der Waals surface area contributed by atoms with Gasteiger partial charge < -0.3 is 5.32 Å². The van der Waals surface area contributed by atoms with Crippen molar-refractivity contribution >= 4 is 23.3 Å². The van der Waals surface area contributed by atoms with Crippen molar-refractivity contribution in [3.8, 4) is 0 Å². The Hall–Kier alpha value is -1.81. The number of hydrogen-bond acceptors (Lipinski definition) is 2. The largest absolute Gasteiger partial charge is 0.307 e. The molecule has 4 nitrogen and oxygen atoms in total. The van der Waals surface area contributed by atoms with Crippen LogP contribution in [-0.4, -0.2) is 16.1 Å². The fourth-order valence-corrected chi connectivity index (χ4v) is 1.78. The van der Waals surface area contributed by atoms with Gasteiger partial charge in [-0.3, -0.25) is 9.89 Å². The second-order valence-corrected chi connectivity index (χ2v) is 4.45. The molecule has 1 heterocycles. The van der Waals surface area contributed by atoms with Crippen LogP contribution in [0.3, 0.4) is 0 Å². The van der Waals surface area contributed by atoms with Gasteiger partial charge in [0.2, 0.25) is 0 Å². The van der Waals surface area contributed by atoms with Crippen LogP contribution in [0.4, 0.5) is 5.82 Å². The number of hydrogen-bond donors (Lipinski definition) is 2. The van der Waals surface area contributed by atoms with Gasteiger partial charge in [0, 0.05) is 16.1 Å². The molecule has 0 atom stereocenters. The number of aromatic amines is 1. The minimum Gasteiger partial charge on any atom is -0.307 e. The molecule has 0 spiro atoms. The average Bonchev–Trinajstić information content (AvgIpc) is 2.79. The van der Waals surface area contributed by atoms with Crippen molar-refractivity contribution < 1.29 is 4.79 Å². The highest BCUT2D eigenvalue weighted by atomic mass is 35.5. The lowest BCUT2D eigenvalue weighted by Gasteiger charge is -2.06. The molecule has 0 fully saturated rings. The van der Waals surface area contributed by atoms with E-state index in [2.05, 4.69) is 15.5 Å². The van der Waals surface area contributed by atoms with Crippen molar-refractivity contribution in [2.75, 3.05) is 5.32 Å². The third-order valence-corrected chi connectivity index (χ3v) is 3.18. The van der Waals surface area contributed by atoms with Crippen molar-refractivity contribution in [3.05, 3.63) is 46.1 Å². The van der Waals surface area contributed by atoms with Gasteiger partial charge in [-0.15, -0.1) is 0 Å². The number of halogens is 1. The summed E-state index contributed by atoms with van der Waals surface area (Å²) in [7, 11) is 0. The summed E-state index contributed by atoms with van der Waals surface area (Å²) in [6, 6.07) is 5.19. The van der Waals surface area contributed by atoms with Crippen LogP contribution < -0.4 is 5.32 Å². The van der Waals surface area contributed by atoms with Crippen molar-refractivity contribution in [1.82, 2.24) is 10.2 Å². The minimum absolute atomic E-state index is 0.172. The molecule has 94 valence electrons. The van der Waals surface area contributed by atoms with Crippen LogP contribution in [0.5, 0.6) is 0 Å². The first-order chi connectivity index (χ1) is 8.61. The molecule has 1 aromatic heterocycles. The second kappa shape index (κ2) is 5.23. The number of carbonyl (C=O) groups excluding carboxylic acids is 1. The first-order valence-corrected chi connectivity index (χ1v) is 6.09. The monoisotopic (exact) mass is 263 g/mol. The van der Waals surface area contributed by atoms with E-state index in [9.17, 15) is 4.79 Å². The Labute approximate surface area is 110 Å². The topological polar surface area (TPSA) is 57.8 Å². The second-order valence-electron chi connectivity index (χ2n) is 4.04. The first kappa shape index (κ1) is 12.6. The third kappa shape index (κ3) is 2.54. The number of anilines is 1. The summed E-state index contributed by atoms with van der Waals surface area (Å²) in [6.07, 6.45) is 2.52. The van der Waals surface area contributed by atoms with Crippen LogP contribution in [0.2, 0.25) is 5.02 Å². The summed E-state index contributed by atoms with van der Waals surface area (Å²) in [4.78, 5) is 12.0. The highest BCUT2D eigenvalue weighted by molar-refractivity contribution is 6.31. The zero-order valence-electron chi connectivity index (χ0n) is 10.2. The number of H-pyrrole nitrogens is 1. The molecule has 1 amide bonds. The van der Waals surface area contributed by atoms with Crippen LogP contribution in [0.15, 0.2) is 24.4 Å². The number of benzene rings is 1. The maximum absolute atomic E-state index is 12.0. The number of rotatable bonds is 3. The fraction of sp³-hybridized carbons (Fsp3) is 0.231. The third-order valence-electron chi connectivity index (χ3n) is 2.76. The summed E-state index contributed by atoms with van der Waals surface area (Å²) in [5, 5.41) is 10.1. The van der Waals surface area contributed by atoms with E-state index >= 15 is 0 Å². The number of aromatic nitrogens is 2. The standard InChI is InChI=1S/C13H14ClN3O/c1-3-9-7-15-17-12(9)16-13(18)10-4-5-11(14)8(2)6-10/h4-7H,3H2,1-2H3,(H2,15,16,17,18). The number of aryl methyl sites for hydroxylation is 2. The van der Waals surface area contributed by atoms with E-state index in [1.165, 1.54) is 0 Å². The number of carbonyl (C=O) groups is 1. The van der Waals surface area contributed by atoms with Crippen molar-refractivity contribution in [2.24, 2.45) is 0 Å². The Bertz CT molecular complexity index is 577. The molecule has 0 unspecified atom stereocenters. The molecule has 0 saturated heterocycles. The molecular weight excluding hydrogens is 250 g/mol. The van der Waals surface area contributed by atoms with E-state index in [1.54, 1.807) is 24.4 Å². The Morgan fingerprint density at radius 3 is 2.94 bits per heavy atom. The molecule has 5 heteroatoms. The van der Waals surface area contributed by atoms with Gasteiger partial charge in [0.1, 0.15) is 5.82 Å². The van der Waals surface area contributed by atoms with Crippen LogP contribution in [-0.2, 0) is 6.42 Å². The van der Waals surface area contributed by atoms with Gasteiger partial charge in [0.05, 0.1) is 6.20 Å². The normalized spacial score (nSPS) is 10.4. The lowest BCUT2D eigenvalue weighted by molar-refractivity contribution is 0.102. The molecule has 0 aliphatic carbocycles.